The van der Waals surface area contributed by atoms with E-state index in [1.54, 1.807) is 0 Å². The summed E-state index contributed by atoms with van der Waals surface area (Å²) >= 11 is 0. The van der Waals surface area contributed by atoms with Crippen molar-refractivity contribution >= 4 is 5.96 Å². The van der Waals surface area contributed by atoms with Crippen LogP contribution in [0.4, 0.5) is 0 Å². The predicted octanol–water partition coefficient (Wildman–Crippen LogP) is 1.50. The van der Waals surface area contributed by atoms with Gasteiger partial charge in [-0.05, 0) is 32.1 Å². The van der Waals surface area contributed by atoms with E-state index >= 15 is 0 Å². The van der Waals surface area contributed by atoms with Gasteiger partial charge in [-0.15, -0.1) is 0 Å². The average molecular weight is 227 g/mol. The van der Waals surface area contributed by atoms with E-state index in [4.69, 9.17) is 10.5 Å². The second-order valence-corrected chi connectivity index (χ2v) is 4.71. The van der Waals surface area contributed by atoms with Crippen molar-refractivity contribution in [3.05, 3.63) is 0 Å². The minimum absolute atomic E-state index is 0.294. The minimum atomic E-state index is 0.294. The van der Waals surface area contributed by atoms with Crippen LogP contribution in [0.15, 0.2) is 4.99 Å². The lowest BCUT2D eigenvalue weighted by Gasteiger charge is -2.19. The summed E-state index contributed by atoms with van der Waals surface area (Å²) in [5.74, 6) is 1.12. The molecule has 4 heteroatoms. The zero-order valence-electron chi connectivity index (χ0n) is 10.7. The minimum Gasteiger partial charge on any atom is -0.378 e. The first-order valence-electron chi connectivity index (χ1n) is 6.31. The van der Waals surface area contributed by atoms with Crippen LogP contribution in [-0.2, 0) is 4.74 Å². The van der Waals surface area contributed by atoms with Crippen LogP contribution in [0.1, 0.15) is 40.0 Å². The van der Waals surface area contributed by atoms with Gasteiger partial charge in [-0.2, -0.15) is 0 Å². The largest absolute Gasteiger partial charge is 0.378 e. The van der Waals surface area contributed by atoms with Gasteiger partial charge in [0.1, 0.15) is 0 Å². The summed E-state index contributed by atoms with van der Waals surface area (Å²) in [6, 6.07) is 0.580. The normalized spacial score (nSPS) is 18.9. The summed E-state index contributed by atoms with van der Waals surface area (Å²) in [7, 11) is 0. The maximum absolute atomic E-state index is 5.75. The molecule has 1 atom stereocenters. The molecule has 0 aromatic rings. The number of hydrogen-bond donors (Lipinski definition) is 2. The fourth-order valence-corrected chi connectivity index (χ4v) is 1.62. The van der Waals surface area contributed by atoms with Gasteiger partial charge in [0.05, 0.1) is 6.10 Å². The Morgan fingerprint density at radius 3 is 2.69 bits per heavy atom. The van der Waals surface area contributed by atoms with Gasteiger partial charge in [-0.3, -0.25) is 4.99 Å². The van der Waals surface area contributed by atoms with Gasteiger partial charge < -0.3 is 15.8 Å². The van der Waals surface area contributed by atoms with E-state index in [0.717, 1.165) is 19.6 Å². The molecule has 1 unspecified atom stereocenters. The Balaban J connectivity index is 2.19. The van der Waals surface area contributed by atoms with Gasteiger partial charge in [-0.1, -0.05) is 13.8 Å². The lowest BCUT2D eigenvalue weighted by molar-refractivity contribution is 0.0266. The van der Waals surface area contributed by atoms with E-state index in [9.17, 15) is 0 Å². The lowest BCUT2D eigenvalue weighted by atomic mass is 10.0. The molecule has 0 heterocycles. The Labute approximate surface area is 98.6 Å². The molecule has 0 aliphatic heterocycles. The van der Waals surface area contributed by atoms with Crippen LogP contribution in [0.25, 0.3) is 0 Å². The number of aliphatic imine (C=N–C) groups is 1. The van der Waals surface area contributed by atoms with Crippen LogP contribution in [0, 0.1) is 5.92 Å². The zero-order chi connectivity index (χ0) is 12.0. The number of nitrogens with one attached hydrogen (secondary N) is 1. The highest BCUT2D eigenvalue weighted by molar-refractivity contribution is 5.78. The van der Waals surface area contributed by atoms with Crippen molar-refractivity contribution in [1.82, 2.24) is 5.32 Å². The number of hydrogen-bond acceptors (Lipinski definition) is 2. The van der Waals surface area contributed by atoms with E-state index in [1.165, 1.54) is 12.8 Å². The smallest absolute Gasteiger partial charge is 0.188 e. The van der Waals surface area contributed by atoms with Crippen LogP contribution >= 0.6 is 0 Å². The second-order valence-electron chi connectivity index (χ2n) is 4.71. The summed E-state index contributed by atoms with van der Waals surface area (Å²) in [5.41, 5.74) is 5.75. The van der Waals surface area contributed by atoms with Gasteiger partial charge >= 0.3 is 0 Å². The Morgan fingerprint density at radius 2 is 2.19 bits per heavy atom. The Morgan fingerprint density at radius 1 is 1.50 bits per heavy atom. The average Bonchev–Trinajstić information content (AvgIpc) is 3.00. The van der Waals surface area contributed by atoms with Crippen LogP contribution in [0.2, 0.25) is 0 Å². The summed E-state index contributed by atoms with van der Waals surface area (Å²) in [4.78, 5) is 4.31. The number of ether oxygens (including phenoxy) is 1. The third kappa shape index (κ3) is 5.35. The summed E-state index contributed by atoms with van der Waals surface area (Å²) in [6.45, 7) is 7.89. The predicted molar refractivity (Wildman–Crippen MR) is 67.5 cm³/mol. The Hall–Kier alpha value is -0.770. The molecule has 4 nitrogen and oxygen atoms in total. The summed E-state index contributed by atoms with van der Waals surface area (Å²) in [5, 5.41) is 3.18. The van der Waals surface area contributed by atoms with E-state index in [0.29, 0.717) is 24.0 Å². The van der Waals surface area contributed by atoms with Gasteiger partial charge in [0.2, 0.25) is 0 Å². The molecule has 3 N–H and O–H groups in total. The van der Waals surface area contributed by atoms with E-state index in [1.807, 2.05) is 6.92 Å². The van der Waals surface area contributed by atoms with Crippen molar-refractivity contribution in [3.63, 3.8) is 0 Å². The fourth-order valence-electron chi connectivity index (χ4n) is 1.62. The SMILES string of the molecule is CCOC(CCN=C(N)NC1CC1)C(C)C. The number of nitrogens with two attached hydrogens (primary N) is 1. The number of nitrogens with zero attached hydrogens (tertiary/aromatic N) is 1. The quantitative estimate of drug-likeness (QED) is 0.512. The molecule has 1 fully saturated rings. The monoisotopic (exact) mass is 227 g/mol. The van der Waals surface area contributed by atoms with Gasteiger partial charge in [-0.25, -0.2) is 0 Å². The molecule has 1 saturated carbocycles. The second kappa shape index (κ2) is 6.74. The molecule has 16 heavy (non-hydrogen) atoms. The molecule has 1 aliphatic rings. The number of rotatable bonds is 7. The standard InChI is InChI=1S/C12H25N3O/c1-4-16-11(9(2)3)7-8-14-12(13)15-10-5-6-10/h9-11H,4-8H2,1-3H3,(H3,13,14,15). The molecule has 94 valence electrons. The van der Waals surface area contributed by atoms with Gasteiger partial charge in [0.15, 0.2) is 5.96 Å². The first-order valence-corrected chi connectivity index (χ1v) is 6.31. The maximum atomic E-state index is 5.75. The van der Waals surface area contributed by atoms with Crippen molar-refractivity contribution in [2.45, 2.75) is 52.2 Å². The van der Waals surface area contributed by atoms with Crippen LogP contribution in [0.3, 0.4) is 0 Å². The van der Waals surface area contributed by atoms with Crippen molar-refractivity contribution < 1.29 is 4.74 Å². The highest BCUT2D eigenvalue weighted by Gasteiger charge is 2.21. The maximum Gasteiger partial charge on any atom is 0.188 e. The molecule has 0 radical (unpaired) electrons. The molecular formula is C12H25N3O. The third-order valence-electron chi connectivity index (χ3n) is 2.75. The van der Waals surface area contributed by atoms with Crippen molar-refractivity contribution in [3.8, 4) is 0 Å². The first-order chi connectivity index (χ1) is 7.63. The Bertz CT molecular complexity index is 224. The summed E-state index contributed by atoms with van der Waals surface area (Å²) in [6.07, 6.45) is 3.69. The number of guanidine groups is 1. The fraction of sp³-hybridized carbons (Fsp3) is 0.917. The van der Waals surface area contributed by atoms with Crippen LogP contribution < -0.4 is 11.1 Å². The lowest BCUT2D eigenvalue weighted by Crippen LogP contribution is -2.33. The van der Waals surface area contributed by atoms with E-state index in [-0.39, 0.29) is 0 Å². The highest BCUT2D eigenvalue weighted by Crippen LogP contribution is 2.18. The molecule has 0 aromatic carbocycles. The Kier molecular flexibility index (Phi) is 5.60. The molecular weight excluding hydrogens is 202 g/mol. The molecule has 0 bridgehead atoms. The van der Waals surface area contributed by atoms with E-state index < -0.39 is 0 Å². The molecule has 0 aromatic heterocycles. The van der Waals surface area contributed by atoms with Crippen molar-refractivity contribution in [1.29, 1.82) is 0 Å². The molecule has 0 amide bonds. The van der Waals surface area contributed by atoms with Crippen LogP contribution in [-0.4, -0.2) is 31.3 Å². The van der Waals surface area contributed by atoms with E-state index in [2.05, 4.69) is 24.2 Å². The molecule has 1 aliphatic carbocycles. The first kappa shape index (κ1) is 13.3. The van der Waals surface area contributed by atoms with Crippen molar-refractivity contribution in [2.24, 2.45) is 16.6 Å². The highest BCUT2D eigenvalue weighted by atomic mass is 16.5. The van der Waals surface area contributed by atoms with Crippen LogP contribution in [0.5, 0.6) is 0 Å². The van der Waals surface area contributed by atoms with Crippen molar-refractivity contribution in [2.75, 3.05) is 13.2 Å². The van der Waals surface area contributed by atoms with Gasteiger partial charge in [0.25, 0.3) is 0 Å². The summed E-state index contributed by atoms with van der Waals surface area (Å²) < 4.78 is 5.65. The molecule has 1 rings (SSSR count). The molecule has 0 spiro atoms. The molecule has 0 saturated heterocycles. The third-order valence-corrected chi connectivity index (χ3v) is 2.75. The zero-order valence-corrected chi connectivity index (χ0v) is 10.7. The van der Waals surface area contributed by atoms with Gasteiger partial charge in [0, 0.05) is 19.2 Å². The topological polar surface area (TPSA) is 59.6 Å².